The van der Waals surface area contributed by atoms with Gasteiger partial charge in [0, 0.05) is 0 Å². The first-order valence-electron chi connectivity index (χ1n) is 6.82. The van der Waals surface area contributed by atoms with E-state index in [1.807, 2.05) is 0 Å². The molecule has 1 fully saturated rings. The number of hydrogen-bond donors (Lipinski definition) is 9. The molecule has 1 aliphatic carbocycles. The fraction of sp³-hybridized carbons (Fsp3) is 0.875. The van der Waals surface area contributed by atoms with Crippen molar-refractivity contribution in [3.8, 4) is 0 Å². The van der Waals surface area contributed by atoms with Crippen molar-refractivity contribution in [1.29, 1.82) is 0 Å². The van der Waals surface area contributed by atoms with Crippen LogP contribution in [0, 0.1) is 0 Å². The predicted molar refractivity (Wildman–Crippen MR) is 80.1 cm³/mol. The van der Waals surface area contributed by atoms with Gasteiger partial charge in [0.25, 0.3) is 0 Å². The summed E-state index contributed by atoms with van der Waals surface area (Å²) in [5.41, 5.74) is 0. The average molecular weight is 478 g/mol. The molecule has 0 spiro atoms. The SMILES string of the molecule is O=C(O)CO[C@@H]1[C@H](O)[C@H](OP(=O)(O)O)[C@@H](O)[C@H](OP(=O)(O)O)[C@H]1OP(=O)(O)O. The van der Waals surface area contributed by atoms with E-state index in [9.17, 15) is 28.7 Å². The number of aliphatic carboxylic acids is 1. The average Bonchev–Trinajstić information content (AvgIpc) is 2.44. The number of ether oxygens (including phenoxy) is 1. The molecular weight excluding hydrogens is 461 g/mol. The summed E-state index contributed by atoms with van der Waals surface area (Å²) in [6, 6.07) is 0. The van der Waals surface area contributed by atoms with Crippen LogP contribution >= 0.6 is 23.5 Å². The third kappa shape index (κ3) is 8.20. The van der Waals surface area contributed by atoms with Crippen molar-refractivity contribution >= 4 is 29.4 Å². The quantitative estimate of drug-likeness (QED) is 0.146. The minimum absolute atomic E-state index is 1.26. The highest BCUT2D eigenvalue weighted by Gasteiger charge is 2.57. The highest BCUT2D eigenvalue weighted by molar-refractivity contribution is 7.46. The number of phosphoric ester groups is 3. The zero-order valence-electron chi connectivity index (χ0n) is 13.3. The molecular formula is C8H17O17P3. The van der Waals surface area contributed by atoms with Gasteiger partial charge in [0.05, 0.1) is 0 Å². The highest BCUT2D eigenvalue weighted by atomic mass is 31.2. The minimum atomic E-state index is -5.53. The van der Waals surface area contributed by atoms with Crippen LogP contribution in [0.2, 0.25) is 0 Å². The molecule has 0 saturated heterocycles. The van der Waals surface area contributed by atoms with Crippen molar-refractivity contribution in [3.63, 3.8) is 0 Å². The maximum Gasteiger partial charge on any atom is 0.470 e. The van der Waals surface area contributed by atoms with E-state index in [0.29, 0.717) is 0 Å². The van der Waals surface area contributed by atoms with Crippen LogP contribution in [0.1, 0.15) is 0 Å². The Morgan fingerprint density at radius 3 is 1.43 bits per heavy atom. The molecule has 6 atom stereocenters. The van der Waals surface area contributed by atoms with Gasteiger partial charge in [0.1, 0.15) is 43.2 Å². The molecule has 0 aromatic heterocycles. The zero-order valence-corrected chi connectivity index (χ0v) is 16.0. The second kappa shape index (κ2) is 9.22. The van der Waals surface area contributed by atoms with Gasteiger partial charge in [-0.2, -0.15) is 0 Å². The maximum atomic E-state index is 11.1. The van der Waals surface area contributed by atoms with Crippen molar-refractivity contribution < 1.29 is 81.5 Å². The number of phosphoric acid groups is 3. The fourth-order valence-corrected chi connectivity index (χ4v) is 4.04. The van der Waals surface area contributed by atoms with Gasteiger partial charge in [-0.25, -0.2) is 18.5 Å². The Balaban J connectivity index is 3.41. The van der Waals surface area contributed by atoms with Crippen LogP contribution in [0.3, 0.4) is 0 Å². The Morgan fingerprint density at radius 2 is 1.04 bits per heavy atom. The molecule has 0 aromatic carbocycles. The predicted octanol–water partition coefficient (Wildman–Crippen LogP) is -3.37. The van der Waals surface area contributed by atoms with Crippen LogP contribution in [-0.2, 0) is 36.8 Å². The highest BCUT2D eigenvalue weighted by Crippen LogP contribution is 2.49. The molecule has 0 bridgehead atoms. The van der Waals surface area contributed by atoms with Crippen molar-refractivity contribution in [2.24, 2.45) is 0 Å². The molecule has 1 aliphatic rings. The summed E-state index contributed by atoms with van der Waals surface area (Å²) >= 11 is 0. The summed E-state index contributed by atoms with van der Waals surface area (Å²) in [5.74, 6) is -1.67. The van der Waals surface area contributed by atoms with E-state index in [1.54, 1.807) is 0 Å². The molecule has 1 saturated carbocycles. The third-order valence-electron chi connectivity index (χ3n) is 3.17. The van der Waals surface area contributed by atoms with Crippen molar-refractivity contribution in [3.05, 3.63) is 0 Å². The number of aliphatic hydroxyl groups is 2. The number of hydrogen-bond acceptors (Lipinski definition) is 10. The largest absolute Gasteiger partial charge is 0.480 e. The Bertz CT molecular complexity index is 691. The first-order chi connectivity index (χ1) is 12.4. The lowest BCUT2D eigenvalue weighted by atomic mass is 9.85. The van der Waals surface area contributed by atoms with Crippen molar-refractivity contribution in [1.82, 2.24) is 0 Å². The van der Waals surface area contributed by atoms with Gasteiger partial charge in [-0.15, -0.1) is 0 Å². The van der Waals surface area contributed by atoms with Crippen LogP contribution in [0.4, 0.5) is 0 Å². The van der Waals surface area contributed by atoms with Gasteiger partial charge in [0.15, 0.2) is 0 Å². The summed E-state index contributed by atoms with van der Waals surface area (Å²) in [6.07, 6.45) is -14.5. The summed E-state index contributed by atoms with van der Waals surface area (Å²) in [6.45, 7) is -1.26. The number of carboxylic acids is 1. The molecule has 9 N–H and O–H groups in total. The molecule has 1 rings (SSSR count). The van der Waals surface area contributed by atoms with E-state index < -0.39 is 72.7 Å². The summed E-state index contributed by atoms with van der Waals surface area (Å²) in [4.78, 5) is 64.2. The van der Waals surface area contributed by atoms with Crippen LogP contribution in [0.15, 0.2) is 0 Å². The zero-order chi connectivity index (χ0) is 22.1. The van der Waals surface area contributed by atoms with Crippen molar-refractivity contribution in [2.45, 2.75) is 36.6 Å². The summed E-state index contributed by atoms with van der Waals surface area (Å²) in [7, 11) is -16.5. The van der Waals surface area contributed by atoms with Crippen LogP contribution < -0.4 is 0 Å². The number of rotatable bonds is 9. The van der Waals surface area contributed by atoms with Crippen LogP contribution in [0.25, 0.3) is 0 Å². The maximum absolute atomic E-state index is 11.1. The van der Waals surface area contributed by atoms with Gasteiger partial charge in [0.2, 0.25) is 0 Å². The molecule has 0 radical (unpaired) electrons. The van der Waals surface area contributed by atoms with E-state index in [-0.39, 0.29) is 0 Å². The smallest absolute Gasteiger partial charge is 0.470 e. The van der Waals surface area contributed by atoms with Gasteiger partial charge in [-0.05, 0) is 0 Å². The van der Waals surface area contributed by atoms with E-state index in [4.69, 9.17) is 34.5 Å². The second-order valence-electron chi connectivity index (χ2n) is 5.33. The third-order valence-corrected chi connectivity index (χ3v) is 4.72. The van der Waals surface area contributed by atoms with Gasteiger partial charge in [-0.1, -0.05) is 0 Å². The van der Waals surface area contributed by atoms with E-state index in [1.165, 1.54) is 0 Å². The first-order valence-corrected chi connectivity index (χ1v) is 11.4. The molecule has 0 aromatic rings. The number of carboxylic acid groups (broad SMARTS) is 1. The minimum Gasteiger partial charge on any atom is -0.480 e. The molecule has 0 aliphatic heterocycles. The summed E-state index contributed by atoms with van der Waals surface area (Å²) < 4.78 is 50.4. The Morgan fingerprint density at radius 1 is 0.679 bits per heavy atom. The molecule has 166 valence electrons. The second-order valence-corrected chi connectivity index (χ2v) is 8.91. The molecule has 0 unspecified atom stereocenters. The Hall–Kier alpha value is -0.320. The Kier molecular flexibility index (Phi) is 8.47. The molecule has 17 nitrogen and oxygen atoms in total. The van der Waals surface area contributed by atoms with E-state index in [0.717, 1.165) is 0 Å². The van der Waals surface area contributed by atoms with Gasteiger partial charge in [-0.3, -0.25) is 13.6 Å². The number of aliphatic hydroxyl groups excluding tert-OH is 2. The molecule has 28 heavy (non-hydrogen) atoms. The fourth-order valence-electron chi connectivity index (χ4n) is 2.36. The molecule has 0 heterocycles. The summed E-state index contributed by atoms with van der Waals surface area (Å²) in [5, 5.41) is 28.9. The monoisotopic (exact) mass is 478 g/mol. The van der Waals surface area contributed by atoms with Crippen LogP contribution in [0.5, 0.6) is 0 Å². The van der Waals surface area contributed by atoms with Crippen molar-refractivity contribution in [2.75, 3.05) is 6.61 Å². The van der Waals surface area contributed by atoms with E-state index in [2.05, 4.69) is 18.3 Å². The topological polar surface area (TPSA) is 287 Å². The first kappa shape index (κ1) is 25.7. The normalized spacial score (nSPS) is 32.3. The van der Waals surface area contributed by atoms with E-state index >= 15 is 0 Å². The van der Waals surface area contributed by atoms with Gasteiger partial charge >= 0.3 is 29.4 Å². The van der Waals surface area contributed by atoms with Gasteiger partial charge < -0.3 is 49.4 Å². The molecule has 0 amide bonds. The number of carbonyl (C=O) groups is 1. The lowest BCUT2D eigenvalue weighted by Crippen LogP contribution is -2.65. The molecule has 20 heteroatoms. The Labute approximate surface area is 155 Å². The lowest BCUT2D eigenvalue weighted by molar-refractivity contribution is -0.226. The standard InChI is InChI=1S/C8H17O17P3/c9-2(10)1-22-6-3(11)5(23-26(13,14)15)4(12)7(24-27(16,17)18)8(6)25-28(19,20)21/h3-8,11-12H,1H2,(H,9,10)(H2,13,14,15)(H2,16,17,18)(H2,19,20,21)/t3-,4-,5+,6-,7+,8+/m1/s1. The van der Waals surface area contributed by atoms with Crippen LogP contribution in [-0.4, -0.2) is 93.9 Å². The lowest BCUT2D eigenvalue weighted by Gasteiger charge is -2.45.